The van der Waals surface area contributed by atoms with E-state index in [-0.39, 0.29) is 17.2 Å². The van der Waals surface area contributed by atoms with E-state index in [9.17, 15) is 14.3 Å². The Kier molecular flexibility index (Phi) is 4.31. The summed E-state index contributed by atoms with van der Waals surface area (Å²) < 4.78 is 13.3. The van der Waals surface area contributed by atoms with E-state index in [4.69, 9.17) is 0 Å². The molecule has 0 radical (unpaired) electrons. The van der Waals surface area contributed by atoms with E-state index in [1.54, 1.807) is 4.90 Å². The van der Waals surface area contributed by atoms with Crippen molar-refractivity contribution in [3.63, 3.8) is 0 Å². The van der Waals surface area contributed by atoms with Crippen LogP contribution in [0, 0.1) is 5.82 Å². The molecule has 0 spiro atoms. The maximum atomic E-state index is 13.3. The van der Waals surface area contributed by atoms with Crippen molar-refractivity contribution >= 4 is 5.91 Å². The Labute approximate surface area is 129 Å². The summed E-state index contributed by atoms with van der Waals surface area (Å²) in [5.41, 5.74) is 0.0547. The second-order valence-electron chi connectivity index (χ2n) is 6.19. The molecule has 120 valence electrons. The van der Waals surface area contributed by atoms with E-state index in [0.717, 1.165) is 44.7 Å². The van der Waals surface area contributed by atoms with Crippen LogP contribution >= 0.6 is 0 Å². The summed E-state index contributed by atoms with van der Waals surface area (Å²) in [4.78, 5) is 18.9. The molecule has 1 aromatic carbocycles. The molecule has 0 saturated carbocycles. The van der Waals surface area contributed by atoms with Gasteiger partial charge in [-0.05, 0) is 31.7 Å². The molecule has 0 aromatic heterocycles. The Morgan fingerprint density at radius 1 is 1.23 bits per heavy atom. The largest absolute Gasteiger partial charge is 0.507 e. The van der Waals surface area contributed by atoms with Crippen molar-refractivity contribution < 1.29 is 14.3 Å². The van der Waals surface area contributed by atoms with E-state index >= 15 is 0 Å². The molecule has 0 bridgehead atoms. The number of carbonyl (C=O) groups is 1. The topological polar surface area (TPSA) is 47.0 Å². The number of halogens is 1. The average molecular weight is 307 g/mol. The number of amides is 1. The first-order valence-electron chi connectivity index (χ1n) is 7.75. The summed E-state index contributed by atoms with van der Waals surface area (Å²) in [6, 6.07) is 3.87. The Bertz CT molecular complexity index is 558. The number of hydrogen-bond donors (Lipinski definition) is 1. The SMILES string of the molecule is CN1CCN([C@@H]2CCN(C(=O)c3cc(F)ccc3O)C2)CC1. The first-order chi connectivity index (χ1) is 10.5. The van der Waals surface area contributed by atoms with Crippen molar-refractivity contribution in [3.8, 4) is 5.75 Å². The summed E-state index contributed by atoms with van der Waals surface area (Å²) in [5, 5.41) is 9.78. The minimum atomic E-state index is -0.504. The van der Waals surface area contributed by atoms with Gasteiger partial charge in [0.15, 0.2) is 0 Å². The molecule has 1 N–H and O–H groups in total. The number of piperazine rings is 1. The molecule has 2 saturated heterocycles. The van der Waals surface area contributed by atoms with Gasteiger partial charge in [0, 0.05) is 45.3 Å². The van der Waals surface area contributed by atoms with Crippen molar-refractivity contribution in [1.82, 2.24) is 14.7 Å². The lowest BCUT2D eigenvalue weighted by atomic mass is 10.1. The van der Waals surface area contributed by atoms with Gasteiger partial charge in [0.05, 0.1) is 5.56 Å². The molecule has 5 nitrogen and oxygen atoms in total. The number of nitrogens with zero attached hydrogens (tertiary/aromatic N) is 3. The molecule has 6 heteroatoms. The summed E-state index contributed by atoms with van der Waals surface area (Å²) in [6.07, 6.45) is 0.936. The smallest absolute Gasteiger partial charge is 0.257 e. The van der Waals surface area contributed by atoms with Gasteiger partial charge in [-0.1, -0.05) is 0 Å². The van der Waals surface area contributed by atoms with Crippen LogP contribution in [0.15, 0.2) is 18.2 Å². The molecule has 2 aliphatic heterocycles. The van der Waals surface area contributed by atoms with Crippen LogP contribution in [0.1, 0.15) is 16.8 Å². The number of benzene rings is 1. The van der Waals surface area contributed by atoms with Crippen molar-refractivity contribution in [1.29, 1.82) is 0 Å². The second-order valence-corrected chi connectivity index (χ2v) is 6.19. The highest BCUT2D eigenvalue weighted by atomic mass is 19.1. The lowest BCUT2D eigenvalue weighted by molar-refractivity contribution is 0.0752. The lowest BCUT2D eigenvalue weighted by Gasteiger charge is -2.36. The third kappa shape index (κ3) is 3.08. The Balaban J connectivity index is 1.65. The molecular weight excluding hydrogens is 285 g/mol. The summed E-state index contributed by atoms with van der Waals surface area (Å²) in [7, 11) is 2.12. The minimum Gasteiger partial charge on any atom is -0.507 e. The van der Waals surface area contributed by atoms with Crippen LogP contribution in [0.3, 0.4) is 0 Å². The highest BCUT2D eigenvalue weighted by Crippen LogP contribution is 2.24. The average Bonchev–Trinajstić information content (AvgIpc) is 2.99. The highest BCUT2D eigenvalue weighted by Gasteiger charge is 2.32. The van der Waals surface area contributed by atoms with E-state index in [1.807, 2.05) is 0 Å². The van der Waals surface area contributed by atoms with Gasteiger partial charge < -0.3 is 14.9 Å². The van der Waals surface area contributed by atoms with Crippen molar-refractivity contribution in [2.75, 3.05) is 46.3 Å². The Morgan fingerprint density at radius 3 is 2.68 bits per heavy atom. The molecule has 1 amide bonds. The standard InChI is InChI=1S/C16H22FN3O2/c1-18-6-8-19(9-7-18)13-4-5-20(11-13)16(22)14-10-12(17)2-3-15(14)21/h2-3,10,13,21H,4-9,11H2,1H3/t13-/m1/s1. The van der Waals surface area contributed by atoms with Gasteiger partial charge in [-0.2, -0.15) is 0 Å². The predicted molar refractivity (Wildman–Crippen MR) is 81.4 cm³/mol. The van der Waals surface area contributed by atoms with E-state index in [2.05, 4.69) is 16.8 Å². The van der Waals surface area contributed by atoms with Crippen molar-refractivity contribution in [2.24, 2.45) is 0 Å². The molecule has 2 aliphatic rings. The van der Waals surface area contributed by atoms with Crippen LogP contribution in [0.25, 0.3) is 0 Å². The maximum Gasteiger partial charge on any atom is 0.257 e. The van der Waals surface area contributed by atoms with Gasteiger partial charge in [0.1, 0.15) is 11.6 Å². The van der Waals surface area contributed by atoms with Crippen LogP contribution in [0.5, 0.6) is 5.75 Å². The number of phenols is 1. The third-order valence-corrected chi connectivity index (χ3v) is 4.69. The van der Waals surface area contributed by atoms with Gasteiger partial charge in [0.25, 0.3) is 5.91 Å². The van der Waals surface area contributed by atoms with Crippen molar-refractivity contribution in [2.45, 2.75) is 12.5 Å². The quantitative estimate of drug-likeness (QED) is 0.885. The highest BCUT2D eigenvalue weighted by molar-refractivity contribution is 5.97. The predicted octanol–water partition coefficient (Wildman–Crippen LogP) is 0.993. The van der Waals surface area contributed by atoms with Crippen LogP contribution in [-0.4, -0.2) is 78.1 Å². The molecule has 1 atom stereocenters. The third-order valence-electron chi connectivity index (χ3n) is 4.69. The summed E-state index contributed by atoms with van der Waals surface area (Å²) >= 11 is 0. The number of phenolic OH excluding ortho intramolecular Hbond substituents is 1. The monoisotopic (exact) mass is 307 g/mol. The molecule has 2 fully saturated rings. The Hall–Kier alpha value is -1.66. The number of likely N-dealkylation sites (tertiary alicyclic amines) is 1. The molecule has 22 heavy (non-hydrogen) atoms. The van der Waals surface area contributed by atoms with Gasteiger partial charge >= 0.3 is 0 Å². The molecule has 2 heterocycles. The summed E-state index contributed by atoms with van der Waals surface area (Å²) in [5.74, 6) is -0.945. The van der Waals surface area contributed by atoms with E-state index < -0.39 is 5.82 Å². The number of aromatic hydroxyl groups is 1. The van der Waals surface area contributed by atoms with Gasteiger partial charge in [0.2, 0.25) is 0 Å². The second kappa shape index (κ2) is 6.22. The first kappa shape index (κ1) is 15.2. The van der Waals surface area contributed by atoms with E-state index in [1.165, 1.54) is 6.07 Å². The van der Waals surface area contributed by atoms with Gasteiger partial charge in [-0.3, -0.25) is 9.69 Å². The number of likely N-dealkylation sites (N-methyl/N-ethyl adjacent to an activating group) is 1. The van der Waals surface area contributed by atoms with Crippen LogP contribution in [-0.2, 0) is 0 Å². The fraction of sp³-hybridized carbons (Fsp3) is 0.562. The van der Waals surface area contributed by atoms with Gasteiger partial charge in [-0.25, -0.2) is 4.39 Å². The van der Waals surface area contributed by atoms with Crippen LogP contribution in [0.4, 0.5) is 4.39 Å². The lowest BCUT2D eigenvalue weighted by Crippen LogP contribution is -2.50. The zero-order chi connectivity index (χ0) is 15.7. The molecule has 0 unspecified atom stereocenters. The number of rotatable bonds is 2. The number of carbonyl (C=O) groups excluding carboxylic acids is 1. The Morgan fingerprint density at radius 2 is 1.95 bits per heavy atom. The normalized spacial score (nSPS) is 23.9. The zero-order valence-corrected chi connectivity index (χ0v) is 12.8. The van der Waals surface area contributed by atoms with Crippen LogP contribution < -0.4 is 0 Å². The zero-order valence-electron chi connectivity index (χ0n) is 12.8. The molecular formula is C16H22FN3O2. The maximum absolute atomic E-state index is 13.3. The fourth-order valence-electron chi connectivity index (χ4n) is 3.26. The van der Waals surface area contributed by atoms with Crippen molar-refractivity contribution in [3.05, 3.63) is 29.6 Å². The number of hydrogen-bond acceptors (Lipinski definition) is 4. The first-order valence-corrected chi connectivity index (χ1v) is 7.75. The molecule has 3 rings (SSSR count). The van der Waals surface area contributed by atoms with Gasteiger partial charge in [-0.15, -0.1) is 0 Å². The van der Waals surface area contributed by atoms with E-state index in [0.29, 0.717) is 19.1 Å². The fourth-order valence-corrected chi connectivity index (χ4v) is 3.26. The minimum absolute atomic E-state index is 0.0547. The van der Waals surface area contributed by atoms with Crippen LogP contribution in [0.2, 0.25) is 0 Å². The molecule has 0 aliphatic carbocycles. The molecule has 1 aromatic rings. The summed E-state index contributed by atoms with van der Waals surface area (Å²) in [6.45, 7) is 5.46.